The second-order valence-corrected chi connectivity index (χ2v) is 5.59. The Morgan fingerprint density at radius 2 is 1.23 bits per heavy atom. The van der Waals surface area contributed by atoms with Crippen molar-refractivity contribution in [3.05, 3.63) is 0 Å². The predicted molar refractivity (Wildman–Crippen MR) is 55.8 cm³/mol. The van der Waals surface area contributed by atoms with Gasteiger partial charge in [0.05, 0.1) is 15.7 Å². The van der Waals surface area contributed by atoms with Gasteiger partial charge in [0.2, 0.25) is 0 Å². The average molecular weight is 170 g/mol. The average Bonchev–Trinajstić information content (AvgIpc) is 2.00. The lowest BCUT2D eigenvalue weighted by atomic mass is 9.44. The Kier molecular flexibility index (Phi) is 1.82. The molecule has 4 saturated carbocycles. The van der Waals surface area contributed by atoms with Crippen molar-refractivity contribution in [2.24, 2.45) is 29.6 Å². The van der Waals surface area contributed by atoms with Crippen LogP contribution < -0.4 is 0 Å². The molecule has 0 aromatic carbocycles. The van der Waals surface area contributed by atoms with Crippen molar-refractivity contribution in [1.29, 1.82) is 0 Å². The summed E-state index contributed by atoms with van der Waals surface area (Å²) < 4.78 is 0. The Morgan fingerprint density at radius 1 is 0.769 bits per heavy atom. The van der Waals surface area contributed by atoms with E-state index in [-0.39, 0.29) is 5.72 Å². The highest BCUT2D eigenvalue weighted by atomic mass is 14.5. The van der Waals surface area contributed by atoms with Gasteiger partial charge in [0.1, 0.15) is 0 Å². The van der Waals surface area contributed by atoms with Crippen LogP contribution in [-0.4, -0.2) is 15.7 Å². The molecule has 4 radical (unpaired) electrons. The van der Waals surface area contributed by atoms with E-state index in [2.05, 4.69) is 0 Å². The second kappa shape index (κ2) is 2.81. The van der Waals surface area contributed by atoms with E-state index in [0.29, 0.717) is 5.92 Å². The van der Waals surface area contributed by atoms with Crippen molar-refractivity contribution in [2.45, 2.75) is 37.8 Å². The van der Waals surface area contributed by atoms with E-state index in [1.165, 1.54) is 32.1 Å². The van der Waals surface area contributed by atoms with Crippen LogP contribution in [-0.2, 0) is 0 Å². The zero-order valence-corrected chi connectivity index (χ0v) is 8.15. The van der Waals surface area contributed by atoms with Crippen molar-refractivity contribution in [2.75, 3.05) is 0 Å². The summed E-state index contributed by atoms with van der Waals surface area (Å²) in [6, 6.07) is 0. The highest BCUT2D eigenvalue weighted by Gasteiger charge is 2.48. The SMILES string of the molecule is [B]C([B])C1C2CC3CC(C2)CC1C3. The minimum Gasteiger partial charge on any atom is -0.106 e. The fourth-order valence-electron chi connectivity index (χ4n) is 4.60. The maximum absolute atomic E-state index is 5.90. The van der Waals surface area contributed by atoms with Crippen molar-refractivity contribution in [3.8, 4) is 0 Å². The molecule has 0 aliphatic heterocycles. The summed E-state index contributed by atoms with van der Waals surface area (Å²) in [5.41, 5.74) is -0.0463. The summed E-state index contributed by atoms with van der Waals surface area (Å²) in [6.45, 7) is 0. The molecule has 0 spiro atoms. The summed E-state index contributed by atoms with van der Waals surface area (Å²) in [6.07, 6.45) is 7.25. The molecule has 0 aromatic rings. The fraction of sp³-hybridized carbons (Fsp3) is 1.00. The third kappa shape index (κ3) is 1.21. The summed E-state index contributed by atoms with van der Waals surface area (Å²) in [7, 11) is 11.8. The summed E-state index contributed by atoms with van der Waals surface area (Å²) in [4.78, 5) is 0. The van der Waals surface area contributed by atoms with E-state index in [9.17, 15) is 0 Å². The van der Waals surface area contributed by atoms with Gasteiger partial charge in [-0.1, -0.05) is 0 Å². The van der Waals surface area contributed by atoms with Crippen LogP contribution in [0.15, 0.2) is 0 Å². The molecule has 2 heteroatoms. The second-order valence-electron chi connectivity index (χ2n) is 5.59. The lowest BCUT2D eigenvalue weighted by Crippen LogP contribution is -2.46. The van der Waals surface area contributed by atoms with E-state index >= 15 is 0 Å². The molecular weight excluding hydrogens is 154 g/mol. The largest absolute Gasteiger partial charge is 0.106 e. The molecule has 13 heavy (non-hydrogen) atoms. The quantitative estimate of drug-likeness (QED) is 0.528. The van der Waals surface area contributed by atoms with Crippen molar-refractivity contribution in [1.82, 2.24) is 0 Å². The molecule has 0 amide bonds. The van der Waals surface area contributed by atoms with E-state index in [4.69, 9.17) is 15.7 Å². The lowest BCUT2D eigenvalue weighted by molar-refractivity contribution is -0.0315. The van der Waals surface area contributed by atoms with Gasteiger partial charge in [-0.2, -0.15) is 0 Å². The Hall–Kier alpha value is 0.130. The Bertz CT molecular complexity index is 184. The first-order chi connectivity index (χ1) is 6.24. The molecule has 4 aliphatic carbocycles. The fourth-order valence-corrected chi connectivity index (χ4v) is 4.60. The van der Waals surface area contributed by atoms with Crippen molar-refractivity contribution in [3.63, 3.8) is 0 Å². The third-order valence-electron chi connectivity index (χ3n) is 4.74. The smallest absolute Gasteiger partial charge is 0.0579 e. The predicted octanol–water partition coefficient (Wildman–Crippen LogP) is 2.14. The van der Waals surface area contributed by atoms with E-state index in [1.54, 1.807) is 0 Å². The number of hydrogen-bond acceptors (Lipinski definition) is 0. The minimum atomic E-state index is -0.0463. The summed E-state index contributed by atoms with van der Waals surface area (Å²) >= 11 is 0. The number of hydrogen-bond donors (Lipinski definition) is 0. The van der Waals surface area contributed by atoms with Gasteiger partial charge in [0.25, 0.3) is 0 Å². The van der Waals surface area contributed by atoms with Crippen LogP contribution in [0, 0.1) is 29.6 Å². The van der Waals surface area contributed by atoms with Crippen LogP contribution >= 0.6 is 0 Å². The van der Waals surface area contributed by atoms with Gasteiger partial charge >= 0.3 is 0 Å². The maximum Gasteiger partial charge on any atom is 0.0579 e. The third-order valence-corrected chi connectivity index (χ3v) is 4.74. The van der Waals surface area contributed by atoms with Crippen LogP contribution in [0.3, 0.4) is 0 Å². The topological polar surface area (TPSA) is 0 Å². The maximum atomic E-state index is 5.90. The molecule has 0 aromatic heterocycles. The van der Waals surface area contributed by atoms with Gasteiger partial charge in [0.15, 0.2) is 0 Å². The molecule has 0 heterocycles. The monoisotopic (exact) mass is 170 g/mol. The van der Waals surface area contributed by atoms with Crippen LogP contribution in [0.4, 0.5) is 0 Å². The Labute approximate surface area is 83.7 Å². The van der Waals surface area contributed by atoms with Gasteiger partial charge in [-0.05, 0) is 61.7 Å². The van der Waals surface area contributed by atoms with Gasteiger partial charge < -0.3 is 0 Å². The van der Waals surface area contributed by atoms with Crippen LogP contribution in [0.5, 0.6) is 0 Å². The molecule has 0 N–H and O–H groups in total. The highest BCUT2D eigenvalue weighted by molar-refractivity contribution is 6.35. The minimum absolute atomic E-state index is 0.0463. The lowest BCUT2D eigenvalue weighted by Gasteiger charge is -2.56. The van der Waals surface area contributed by atoms with Crippen LogP contribution in [0.1, 0.15) is 32.1 Å². The standard InChI is InChI=1S/C11H16B2/c12-11(13)10-8-2-6-1-7(4-8)5-9(10)3-6/h6-11H,1-5H2. The van der Waals surface area contributed by atoms with Gasteiger partial charge in [-0.25, -0.2) is 0 Å². The molecule has 0 unspecified atom stereocenters. The van der Waals surface area contributed by atoms with E-state index < -0.39 is 0 Å². The number of rotatable bonds is 1. The van der Waals surface area contributed by atoms with Crippen LogP contribution in [0.25, 0.3) is 0 Å². The summed E-state index contributed by atoms with van der Waals surface area (Å²) in [5.74, 6) is 4.51. The van der Waals surface area contributed by atoms with Crippen molar-refractivity contribution >= 4 is 15.7 Å². The molecule has 4 rings (SSSR count). The van der Waals surface area contributed by atoms with Crippen LogP contribution in [0.2, 0.25) is 5.72 Å². The van der Waals surface area contributed by atoms with E-state index in [1.807, 2.05) is 0 Å². The normalized spacial score (nSPS) is 53.2. The molecule has 0 nitrogen and oxygen atoms in total. The Balaban J connectivity index is 1.85. The first-order valence-corrected chi connectivity index (χ1v) is 5.75. The molecule has 0 atom stereocenters. The summed E-state index contributed by atoms with van der Waals surface area (Å²) in [5, 5.41) is 0. The zero-order chi connectivity index (χ0) is 9.00. The van der Waals surface area contributed by atoms with Crippen molar-refractivity contribution < 1.29 is 0 Å². The molecule has 66 valence electrons. The molecule has 4 fully saturated rings. The van der Waals surface area contributed by atoms with Gasteiger partial charge in [-0.3, -0.25) is 0 Å². The molecule has 4 bridgehead atoms. The van der Waals surface area contributed by atoms with E-state index in [0.717, 1.165) is 23.7 Å². The van der Waals surface area contributed by atoms with Gasteiger partial charge in [-0.15, -0.1) is 5.72 Å². The highest BCUT2D eigenvalue weighted by Crippen LogP contribution is 2.58. The Morgan fingerprint density at radius 3 is 1.62 bits per heavy atom. The molecule has 0 saturated heterocycles. The molecular formula is C11H16B2. The van der Waals surface area contributed by atoms with Gasteiger partial charge in [0, 0.05) is 0 Å². The molecule has 4 aliphatic rings. The zero-order valence-electron chi connectivity index (χ0n) is 8.15. The first-order valence-electron chi connectivity index (χ1n) is 5.75. The first kappa shape index (κ1) is 8.44.